The Kier molecular flexibility index (Phi) is 4.83. The first-order valence-corrected chi connectivity index (χ1v) is 7.04. The minimum atomic E-state index is 0.433. The molecule has 0 N–H and O–H groups in total. The topological polar surface area (TPSA) is 0 Å². The Morgan fingerprint density at radius 3 is 2.35 bits per heavy atom. The molecule has 0 spiro atoms. The van der Waals surface area contributed by atoms with Crippen LogP contribution in [0, 0.1) is 10.8 Å². The summed E-state index contributed by atoms with van der Waals surface area (Å²) >= 11 is 0. The molecule has 1 unspecified atom stereocenters. The molecule has 0 saturated heterocycles. The van der Waals surface area contributed by atoms with Crippen molar-refractivity contribution < 1.29 is 0 Å². The van der Waals surface area contributed by atoms with Gasteiger partial charge in [0.1, 0.15) is 0 Å². The Morgan fingerprint density at radius 1 is 1.18 bits per heavy atom. The third-order valence-corrected chi connectivity index (χ3v) is 5.19. The molecule has 1 atom stereocenters. The summed E-state index contributed by atoms with van der Waals surface area (Å²) in [6.45, 7) is 12.0. The summed E-state index contributed by atoms with van der Waals surface area (Å²) in [5.74, 6) is 0. The summed E-state index contributed by atoms with van der Waals surface area (Å²) in [7, 11) is 0. The summed E-state index contributed by atoms with van der Waals surface area (Å²) in [5, 5.41) is 0. The standard InChI is InChI=1S/C17H28/c1-6-16(3,4)17(5,7-2)14-13-15-11-9-8-10-12-15/h9-11H,6-7,12-14H2,1-5H3. The van der Waals surface area contributed by atoms with Crippen molar-refractivity contribution in [1.82, 2.24) is 0 Å². The molecular weight excluding hydrogens is 204 g/mol. The van der Waals surface area contributed by atoms with Crippen molar-refractivity contribution in [3.8, 4) is 0 Å². The number of allylic oxidation sites excluding steroid dienone is 3. The van der Waals surface area contributed by atoms with Crippen LogP contribution >= 0.6 is 0 Å². The van der Waals surface area contributed by atoms with Crippen LogP contribution < -0.4 is 0 Å². The van der Waals surface area contributed by atoms with Crippen molar-refractivity contribution in [1.29, 1.82) is 0 Å². The van der Waals surface area contributed by atoms with Gasteiger partial charge in [-0.05, 0) is 42.2 Å². The molecule has 0 heteroatoms. The molecule has 0 aromatic carbocycles. The van der Waals surface area contributed by atoms with Gasteiger partial charge in [-0.15, -0.1) is 5.73 Å². The molecule has 0 aromatic rings. The third kappa shape index (κ3) is 3.36. The molecule has 1 rings (SSSR count). The van der Waals surface area contributed by atoms with Crippen molar-refractivity contribution >= 4 is 0 Å². The van der Waals surface area contributed by atoms with Gasteiger partial charge in [0.15, 0.2) is 0 Å². The van der Waals surface area contributed by atoms with E-state index in [1.807, 2.05) is 6.08 Å². The normalized spacial score (nSPS) is 19.0. The van der Waals surface area contributed by atoms with E-state index in [9.17, 15) is 0 Å². The molecular formula is C17H28. The zero-order chi connectivity index (χ0) is 12.9. The van der Waals surface area contributed by atoms with Gasteiger partial charge in [0, 0.05) is 0 Å². The van der Waals surface area contributed by atoms with Crippen LogP contribution in [0.15, 0.2) is 29.5 Å². The molecule has 1 aliphatic rings. The number of hydrogen-bond acceptors (Lipinski definition) is 0. The van der Waals surface area contributed by atoms with Crippen LogP contribution in [0.1, 0.15) is 66.7 Å². The van der Waals surface area contributed by atoms with E-state index in [1.54, 1.807) is 5.57 Å². The van der Waals surface area contributed by atoms with Gasteiger partial charge in [-0.1, -0.05) is 59.1 Å². The van der Waals surface area contributed by atoms with Crippen LogP contribution in [0.5, 0.6) is 0 Å². The highest BCUT2D eigenvalue weighted by Gasteiger charge is 2.37. The first-order valence-electron chi connectivity index (χ1n) is 7.04. The van der Waals surface area contributed by atoms with Crippen molar-refractivity contribution in [2.45, 2.75) is 66.7 Å². The fourth-order valence-electron chi connectivity index (χ4n) is 2.53. The highest BCUT2D eigenvalue weighted by molar-refractivity contribution is 5.20. The van der Waals surface area contributed by atoms with E-state index >= 15 is 0 Å². The Morgan fingerprint density at radius 2 is 1.88 bits per heavy atom. The molecule has 0 aliphatic heterocycles. The smallest absolute Gasteiger partial charge is 0.00592 e. The van der Waals surface area contributed by atoms with E-state index in [0.29, 0.717) is 10.8 Å². The predicted octanol–water partition coefficient (Wildman–Crippen LogP) is 5.66. The van der Waals surface area contributed by atoms with E-state index in [4.69, 9.17) is 0 Å². The fraction of sp³-hybridized carbons (Fsp3) is 0.706. The van der Waals surface area contributed by atoms with Gasteiger partial charge in [-0.2, -0.15) is 0 Å². The Balaban J connectivity index is 2.64. The molecule has 0 nitrogen and oxygen atoms in total. The number of hydrogen-bond donors (Lipinski definition) is 0. The maximum Gasteiger partial charge on any atom is -0.00592 e. The largest absolute Gasteiger partial charge is 0.125 e. The molecule has 0 aromatic heterocycles. The lowest BCUT2D eigenvalue weighted by atomic mass is 9.61. The lowest BCUT2D eigenvalue weighted by molar-refractivity contribution is 0.0681. The molecule has 0 bridgehead atoms. The minimum Gasteiger partial charge on any atom is -0.125 e. The zero-order valence-corrected chi connectivity index (χ0v) is 12.3. The highest BCUT2D eigenvalue weighted by atomic mass is 14.4. The van der Waals surface area contributed by atoms with Crippen molar-refractivity contribution in [3.63, 3.8) is 0 Å². The summed E-state index contributed by atoms with van der Waals surface area (Å²) in [6, 6.07) is 0. The maximum absolute atomic E-state index is 3.14. The number of rotatable bonds is 6. The Bertz CT molecular complexity index is 337. The highest BCUT2D eigenvalue weighted by Crippen LogP contribution is 2.48. The molecule has 1 aliphatic carbocycles. The van der Waals surface area contributed by atoms with Crippen LogP contribution in [0.3, 0.4) is 0 Å². The lowest BCUT2D eigenvalue weighted by Gasteiger charge is -2.44. The van der Waals surface area contributed by atoms with Gasteiger partial charge >= 0.3 is 0 Å². The van der Waals surface area contributed by atoms with E-state index in [-0.39, 0.29) is 0 Å². The quantitative estimate of drug-likeness (QED) is 0.518. The first-order chi connectivity index (χ1) is 7.95. The van der Waals surface area contributed by atoms with Crippen molar-refractivity contribution in [2.75, 3.05) is 0 Å². The minimum absolute atomic E-state index is 0.433. The Labute approximate surface area is 108 Å². The van der Waals surface area contributed by atoms with Crippen LogP contribution in [-0.2, 0) is 0 Å². The van der Waals surface area contributed by atoms with E-state index in [2.05, 4.69) is 52.5 Å². The SMILES string of the molecule is CCC(C)(C)C(C)(CC)CCC1=CC=C=CC1. The molecule has 17 heavy (non-hydrogen) atoms. The van der Waals surface area contributed by atoms with E-state index in [0.717, 1.165) is 6.42 Å². The van der Waals surface area contributed by atoms with Gasteiger partial charge in [0.05, 0.1) is 0 Å². The van der Waals surface area contributed by atoms with E-state index in [1.165, 1.54) is 25.7 Å². The van der Waals surface area contributed by atoms with Gasteiger partial charge in [0.2, 0.25) is 0 Å². The van der Waals surface area contributed by atoms with E-state index < -0.39 is 0 Å². The zero-order valence-electron chi connectivity index (χ0n) is 12.3. The maximum atomic E-state index is 3.14. The monoisotopic (exact) mass is 232 g/mol. The Hall–Kier alpha value is -0.740. The molecule has 0 fully saturated rings. The summed E-state index contributed by atoms with van der Waals surface area (Å²) in [5.41, 5.74) is 5.59. The summed E-state index contributed by atoms with van der Waals surface area (Å²) in [4.78, 5) is 0. The van der Waals surface area contributed by atoms with Crippen LogP contribution in [0.2, 0.25) is 0 Å². The average Bonchev–Trinajstić information content (AvgIpc) is 2.37. The van der Waals surface area contributed by atoms with Crippen LogP contribution in [0.4, 0.5) is 0 Å². The summed E-state index contributed by atoms with van der Waals surface area (Å²) in [6.07, 6.45) is 12.6. The van der Waals surface area contributed by atoms with Gasteiger partial charge in [-0.25, -0.2) is 0 Å². The molecule has 0 saturated carbocycles. The second-order valence-corrected chi connectivity index (χ2v) is 6.22. The molecule has 0 amide bonds. The fourth-order valence-corrected chi connectivity index (χ4v) is 2.53. The van der Waals surface area contributed by atoms with Gasteiger partial charge in [-0.3, -0.25) is 0 Å². The van der Waals surface area contributed by atoms with Crippen LogP contribution in [0.25, 0.3) is 0 Å². The lowest BCUT2D eigenvalue weighted by Crippen LogP contribution is -2.34. The molecule has 0 heterocycles. The van der Waals surface area contributed by atoms with Crippen LogP contribution in [-0.4, -0.2) is 0 Å². The van der Waals surface area contributed by atoms with Crippen molar-refractivity contribution in [2.24, 2.45) is 10.8 Å². The van der Waals surface area contributed by atoms with Crippen molar-refractivity contribution in [3.05, 3.63) is 29.5 Å². The van der Waals surface area contributed by atoms with Gasteiger partial charge < -0.3 is 0 Å². The second kappa shape index (κ2) is 5.74. The molecule has 96 valence electrons. The predicted molar refractivity (Wildman–Crippen MR) is 77.1 cm³/mol. The third-order valence-electron chi connectivity index (χ3n) is 5.19. The molecule has 0 radical (unpaired) electrons. The summed E-state index contributed by atoms with van der Waals surface area (Å²) < 4.78 is 0. The second-order valence-electron chi connectivity index (χ2n) is 6.22. The average molecular weight is 232 g/mol. The first kappa shape index (κ1) is 14.3. The van der Waals surface area contributed by atoms with Gasteiger partial charge in [0.25, 0.3) is 0 Å².